The minimum Gasteiger partial charge on any atom is -0.340 e. The zero-order valence-electron chi connectivity index (χ0n) is 18.8. The number of imide groups is 1. The summed E-state index contributed by atoms with van der Waals surface area (Å²) in [4.78, 5) is 49.2. The maximum atomic E-state index is 13.4. The standard InChI is InChI=1S/C25H30N4O3/c1-3-29-23(31)17-25(24(29)32,21-10-5-4-8-19(21)2)16-22(30)28-14-12-27(13-15-28)18-20-9-6-7-11-26-20/h4-11H,3,12-18H2,1-2H3. The van der Waals surface area contributed by atoms with E-state index in [2.05, 4.69) is 9.88 Å². The average molecular weight is 435 g/mol. The van der Waals surface area contributed by atoms with Crippen LogP contribution in [0.3, 0.4) is 0 Å². The number of benzene rings is 1. The number of rotatable bonds is 6. The Balaban J connectivity index is 1.49. The average Bonchev–Trinajstić information content (AvgIpc) is 3.04. The van der Waals surface area contributed by atoms with Gasteiger partial charge in [0.05, 0.1) is 11.1 Å². The molecule has 0 N–H and O–H groups in total. The second kappa shape index (κ2) is 9.20. The van der Waals surface area contributed by atoms with Crippen molar-refractivity contribution in [3.8, 4) is 0 Å². The number of aryl methyl sites for hydroxylation is 1. The molecule has 1 atom stereocenters. The highest BCUT2D eigenvalue weighted by molar-refractivity contribution is 6.10. The van der Waals surface area contributed by atoms with Gasteiger partial charge in [0.15, 0.2) is 0 Å². The van der Waals surface area contributed by atoms with Crippen LogP contribution in [-0.2, 0) is 26.3 Å². The molecule has 7 heteroatoms. The van der Waals surface area contributed by atoms with Crippen molar-refractivity contribution in [1.82, 2.24) is 19.7 Å². The van der Waals surface area contributed by atoms with Crippen LogP contribution in [0.4, 0.5) is 0 Å². The van der Waals surface area contributed by atoms with Gasteiger partial charge in [-0.05, 0) is 37.1 Å². The Morgan fingerprint density at radius 1 is 1.03 bits per heavy atom. The first-order valence-corrected chi connectivity index (χ1v) is 11.3. The summed E-state index contributed by atoms with van der Waals surface area (Å²) in [6.07, 6.45) is 1.87. The first-order chi connectivity index (χ1) is 15.4. The van der Waals surface area contributed by atoms with E-state index in [9.17, 15) is 14.4 Å². The van der Waals surface area contributed by atoms with Gasteiger partial charge in [-0.1, -0.05) is 30.3 Å². The molecule has 1 unspecified atom stereocenters. The Kier molecular flexibility index (Phi) is 6.37. The van der Waals surface area contributed by atoms with Crippen LogP contribution in [0.5, 0.6) is 0 Å². The van der Waals surface area contributed by atoms with Gasteiger partial charge < -0.3 is 4.90 Å². The van der Waals surface area contributed by atoms with E-state index in [-0.39, 0.29) is 30.6 Å². The third kappa shape index (κ3) is 4.17. The number of hydrogen-bond donors (Lipinski definition) is 0. The van der Waals surface area contributed by atoms with Crippen LogP contribution in [0.15, 0.2) is 48.7 Å². The number of pyridine rings is 1. The van der Waals surface area contributed by atoms with Crippen LogP contribution in [-0.4, -0.2) is 70.1 Å². The summed E-state index contributed by atoms with van der Waals surface area (Å²) in [5.41, 5.74) is 1.62. The molecule has 4 rings (SSSR count). The number of carbonyl (C=O) groups is 3. The maximum absolute atomic E-state index is 13.4. The van der Waals surface area contributed by atoms with Crippen molar-refractivity contribution in [3.05, 3.63) is 65.5 Å². The topological polar surface area (TPSA) is 73.8 Å². The first-order valence-electron chi connectivity index (χ1n) is 11.3. The first kappa shape index (κ1) is 22.1. The molecule has 2 saturated heterocycles. The second-order valence-corrected chi connectivity index (χ2v) is 8.67. The molecule has 2 fully saturated rings. The van der Waals surface area contributed by atoms with Crippen molar-refractivity contribution in [2.75, 3.05) is 32.7 Å². The zero-order chi connectivity index (χ0) is 22.7. The number of likely N-dealkylation sites (N-methyl/N-ethyl adjacent to an activating group) is 1. The molecule has 2 aliphatic rings. The van der Waals surface area contributed by atoms with E-state index in [0.29, 0.717) is 19.6 Å². The highest BCUT2D eigenvalue weighted by Gasteiger charge is 2.54. The molecular formula is C25H30N4O3. The van der Waals surface area contributed by atoms with Crippen LogP contribution in [0.1, 0.15) is 36.6 Å². The maximum Gasteiger partial charge on any atom is 0.240 e. The third-order valence-electron chi connectivity index (χ3n) is 6.68. The van der Waals surface area contributed by atoms with Crippen molar-refractivity contribution >= 4 is 17.7 Å². The molecule has 168 valence electrons. The van der Waals surface area contributed by atoms with E-state index < -0.39 is 5.41 Å². The van der Waals surface area contributed by atoms with Gasteiger partial charge in [0, 0.05) is 58.3 Å². The van der Waals surface area contributed by atoms with Gasteiger partial charge in [-0.25, -0.2) is 0 Å². The Bertz CT molecular complexity index is 1000. The number of amides is 3. The summed E-state index contributed by atoms with van der Waals surface area (Å²) in [5.74, 6) is -0.514. The van der Waals surface area contributed by atoms with Crippen LogP contribution < -0.4 is 0 Å². The normalized spacial score (nSPS) is 21.9. The highest BCUT2D eigenvalue weighted by Crippen LogP contribution is 2.41. The van der Waals surface area contributed by atoms with Crippen molar-refractivity contribution in [2.24, 2.45) is 0 Å². The fourth-order valence-electron chi connectivity index (χ4n) is 4.92. The molecule has 32 heavy (non-hydrogen) atoms. The fourth-order valence-corrected chi connectivity index (χ4v) is 4.92. The SMILES string of the molecule is CCN1C(=O)CC(CC(=O)N2CCN(Cc3ccccn3)CC2)(c2ccccc2C)C1=O. The number of nitrogens with zero attached hydrogens (tertiary/aromatic N) is 4. The molecule has 0 saturated carbocycles. The van der Waals surface area contributed by atoms with E-state index in [0.717, 1.165) is 36.5 Å². The van der Waals surface area contributed by atoms with Crippen LogP contribution in [0, 0.1) is 6.92 Å². The summed E-state index contributed by atoms with van der Waals surface area (Å²) < 4.78 is 0. The monoisotopic (exact) mass is 434 g/mol. The molecule has 3 heterocycles. The molecule has 0 bridgehead atoms. The van der Waals surface area contributed by atoms with Crippen molar-refractivity contribution in [2.45, 2.75) is 38.6 Å². The lowest BCUT2D eigenvalue weighted by Gasteiger charge is -2.37. The number of aromatic nitrogens is 1. The molecular weight excluding hydrogens is 404 g/mol. The van der Waals surface area contributed by atoms with E-state index >= 15 is 0 Å². The highest BCUT2D eigenvalue weighted by atomic mass is 16.2. The molecule has 3 amide bonds. The zero-order valence-corrected chi connectivity index (χ0v) is 18.8. The lowest BCUT2D eigenvalue weighted by molar-refractivity contribution is -0.143. The number of carbonyl (C=O) groups excluding carboxylic acids is 3. The summed E-state index contributed by atoms with van der Waals surface area (Å²) in [6.45, 7) is 7.54. The van der Waals surface area contributed by atoms with Gasteiger partial charge in [0.25, 0.3) is 0 Å². The van der Waals surface area contributed by atoms with Crippen molar-refractivity contribution in [1.29, 1.82) is 0 Å². The second-order valence-electron chi connectivity index (χ2n) is 8.67. The van der Waals surface area contributed by atoms with E-state index in [4.69, 9.17) is 0 Å². The van der Waals surface area contributed by atoms with Crippen molar-refractivity contribution < 1.29 is 14.4 Å². The van der Waals surface area contributed by atoms with E-state index in [1.807, 2.05) is 54.3 Å². The Morgan fingerprint density at radius 2 is 1.75 bits per heavy atom. The number of piperazine rings is 1. The summed E-state index contributed by atoms with van der Waals surface area (Å²) in [7, 11) is 0. The third-order valence-corrected chi connectivity index (χ3v) is 6.68. The Labute approximate surface area is 189 Å². The smallest absolute Gasteiger partial charge is 0.240 e. The molecule has 7 nitrogen and oxygen atoms in total. The summed E-state index contributed by atoms with van der Waals surface area (Å²) in [5, 5.41) is 0. The van der Waals surface area contributed by atoms with Gasteiger partial charge >= 0.3 is 0 Å². The predicted octanol–water partition coefficient (Wildman–Crippen LogP) is 2.14. The van der Waals surface area contributed by atoms with Crippen LogP contribution in [0.25, 0.3) is 0 Å². The minimum atomic E-state index is -1.11. The minimum absolute atomic E-state index is 0.0270. The summed E-state index contributed by atoms with van der Waals surface area (Å²) in [6, 6.07) is 13.5. The van der Waals surface area contributed by atoms with Crippen LogP contribution >= 0.6 is 0 Å². The fraction of sp³-hybridized carbons (Fsp3) is 0.440. The van der Waals surface area contributed by atoms with E-state index in [1.165, 1.54) is 4.90 Å². The molecule has 1 aromatic heterocycles. The Morgan fingerprint density at radius 3 is 2.38 bits per heavy atom. The van der Waals surface area contributed by atoms with Crippen molar-refractivity contribution in [3.63, 3.8) is 0 Å². The molecule has 1 aromatic carbocycles. The number of likely N-dealkylation sites (tertiary alicyclic amines) is 1. The molecule has 0 aliphatic carbocycles. The largest absolute Gasteiger partial charge is 0.340 e. The quantitative estimate of drug-likeness (QED) is 0.652. The summed E-state index contributed by atoms with van der Waals surface area (Å²) >= 11 is 0. The van der Waals surface area contributed by atoms with E-state index in [1.54, 1.807) is 13.1 Å². The van der Waals surface area contributed by atoms with Gasteiger partial charge in [-0.3, -0.25) is 29.2 Å². The lowest BCUT2D eigenvalue weighted by atomic mass is 9.74. The molecule has 2 aliphatic heterocycles. The van der Waals surface area contributed by atoms with Gasteiger partial charge in [-0.15, -0.1) is 0 Å². The van der Waals surface area contributed by atoms with Crippen LogP contribution in [0.2, 0.25) is 0 Å². The molecule has 2 aromatic rings. The molecule has 0 radical (unpaired) electrons. The Hall–Kier alpha value is -3.06. The number of hydrogen-bond acceptors (Lipinski definition) is 5. The van der Waals surface area contributed by atoms with Gasteiger partial charge in [-0.2, -0.15) is 0 Å². The lowest BCUT2D eigenvalue weighted by Crippen LogP contribution is -2.50. The van der Waals surface area contributed by atoms with Gasteiger partial charge in [0.2, 0.25) is 17.7 Å². The molecule has 0 spiro atoms. The predicted molar refractivity (Wildman–Crippen MR) is 121 cm³/mol. The van der Waals surface area contributed by atoms with Gasteiger partial charge in [0.1, 0.15) is 0 Å².